The molecule has 1 unspecified atom stereocenters. The van der Waals surface area contributed by atoms with E-state index in [1.165, 1.54) is 9.13 Å². The summed E-state index contributed by atoms with van der Waals surface area (Å²) in [7, 11) is 0. The van der Waals surface area contributed by atoms with Gasteiger partial charge in [-0.1, -0.05) is 26.0 Å². The van der Waals surface area contributed by atoms with Crippen molar-refractivity contribution in [2.75, 3.05) is 0 Å². The number of benzene rings is 1. The van der Waals surface area contributed by atoms with Gasteiger partial charge in [0, 0.05) is 16.0 Å². The monoisotopic (exact) mass is 396 g/mol. The lowest BCUT2D eigenvalue weighted by atomic mass is 9.98. The van der Waals surface area contributed by atoms with Gasteiger partial charge >= 0.3 is 0 Å². The van der Waals surface area contributed by atoms with Gasteiger partial charge in [0.2, 0.25) is 0 Å². The summed E-state index contributed by atoms with van der Waals surface area (Å²) in [5.41, 5.74) is 3.41. The number of imidazole rings is 1. The normalized spacial score (nSPS) is 18.0. The molecule has 21 heavy (non-hydrogen) atoms. The number of nitrogens with zero attached hydrogens (tertiary/aromatic N) is 2. The van der Waals surface area contributed by atoms with E-state index in [9.17, 15) is 5.11 Å². The van der Waals surface area contributed by atoms with Crippen LogP contribution in [0.5, 0.6) is 0 Å². The molecule has 0 radical (unpaired) electrons. The number of rotatable bonds is 3. The third-order valence-electron chi connectivity index (χ3n) is 4.07. The average molecular weight is 396 g/mol. The standard InChI is InChI=1S/C17H21IN2O/c1-11(2)17-19-14-7-4-8-15(21)16(14)20(17)10-12-5-3-6-13(18)9-12/h3,5-6,9,11,15,21H,4,7-8,10H2,1-2H3. The van der Waals surface area contributed by atoms with Crippen LogP contribution in [0.3, 0.4) is 0 Å². The highest BCUT2D eigenvalue weighted by Crippen LogP contribution is 2.33. The Morgan fingerprint density at radius 2 is 2.24 bits per heavy atom. The molecule has 0 bridgehead atoms. The molecule has 4 heteroatoms. The Kier molecular flexibility index (Phi) is 4.36. The average Bonchev–Trinajstić information content (AvgIpc) is 2.79. The maximum absolute atomic E-state index is 10.4. The molecule has 1 heterocycles. The number of aliphatic hydroxyl groups excluding tert-OH is 1. The van der Waals surface area contributed by atoms with E-state index in [4.69, 9.17) is 4.98 Å². The molecule has 3 nitrogen and oxygen atoms in total. The number of fused-ring (bicyclic) bond motifs is 1. The van der Waals surface area contributed by atoms with E-state index in [0.717, 1.165) is 43.0 Å². The van der Waals surface area contributed by atoms with Gasteiger partial charge in [0.05, 0.1) is 17.5 Å². The molecule has 0 aliphatic heterocycles. The maximum atomic E-state index is 10.4. The predicted molar refractivity (Wildman–Crippen MR) is 92.5 cm³/mol. The Labute approximate surface area is 139 Å². The highest BCUT2D eigenvalue weighted by Gasteiger charge is 2.27. The van der Waals surface area contributed by atoms with Gasteiger partial charge in [-0.3, -0.25) is 0 Å². The predicted octanol–water partition coefficient (Wildman–Crippen LogP) is 4.03. The zero-order chi connectivity index (χ0) is 15.0. The van der Waals surface area contributed by atoms with Gasteiger partial charge in [0.25, 0.3) is 0 Å². The molecule has 0 saturated heterocycles. The van der Waals surface area contributed by atoms with Gasteiger partial charge in [-0.25, -0.2) is 4.98 Å². The Balaban J connectivity index is 2.05. The number of hydrogen-bond acceptors (Lipinski definition) is 2. The van der Waals surface area contributed by atoms with Crippen LogP contribution >= 0.6 is 22.6 Å². The summed E-state index contributed by atoms with van der Waals surface area (Å²) in [6, 6.07) is 8.54. The summed E-state index contributed by atoms with van der Waals surface area (Å²) in [6.07, 6.45) is 2.51. The summed E-state index contributed by atoms with van der Waals surface area (Å²) in [5.74, 6) is 1.46. The molecular formula is C17H21IN2O. The summed E-state index contributed by atoms with van der Waals surface area (Å²) in [4.78, 5) is 4.82. The minimum atomic E-state index is -0.364. The van der Waals surface area contributed by atoms with E-state index in [0.29, 0.717) is 5.92 Å². The molecule has 0 saturated carbocycles. The van der Waals surface area contributed by atoms with Crippen molar-refractivity contribution in [1.82, 2.24) is 9.55 Å². The smallest absolute Gasteiger partial charge is 0.112 e. The van der Waals surface area contributed by atoms with Crippen molar-refractivity contribution in [3.8, 4) is 0 Å². The highest BCUT2D eigenvalue weighted by molar-refractivity contribution is 14.1. The Morgan fingerprint density at radius 1 is 1.43 bits per heavy atom. The minimum Gasteiger partial charge on any atom is -0.387 e. The van der Waals surface area contributed by atoms with Crippen LogP contribution in [-0.2, 0) is 13.0 Å². The first-order valence-corrected chi connectivity index (χ1v) is 8.66. The molecule has 1 aromatic heterocycles. The van der Waals surface area contributed by atoms with Crippen LogP contribution in [0.2, 0.25) is 0 Å². The molecule has 1 aromatic carbocycles. The molecular weight excluding hydrogens is 375 g/mol. The fourth-order valence-corrected chi connectivity index (χ4v) is 3.72. The Morgan fingerprint density at radius 3 is 2.95 bits per heavy atom. The molecule has 0 amide bonds. The van der Waals surface area contributed by atoms with E-state index in [1.54, 1.807) is 0 Å². The van der Waals surface area contributed by atoms with Gasteiger partial charge in [0.15, 0.2) is 0 Å². The van der Waals surface area contributed by atoms with Gasteiger partial charge < -0.3 is 9.67 Å². The van der Waals surface area contributed by atoms with Crippen molar-refractivity contribution in [2.24, 2.45) is 0 Å². The van der Waals surface area contributed by atoms with Crippen LogP contribution in [0.4, 0.5) is 0 Å². The van der Waals surface area contributed by atoms with Crippen LogP contribution in [-0.4, -0.2) is 14.7 Å². The lowest BCUT2D eigenvalue weighted by molar-refractivity contribution is 0.147. The molecule has 1 atom stereocenters. The molecule has 112 valence electrons. The lowest BCUT2D eigenvalue weighted by Crippen LogP contribution is -2.16. The van der Waals surface area contributed by atoms with E-state index in [-0.39, 0.29) is 6.10 Å². The second kappa shape index (κ2) is 6.08. The second-order valence-corrected chi connectivity index (χ2v) is 7.33. The summed E-state index contributed by atoms with van der Waals surface area (Å²) >= 11 is 2.34. The van der Waals surface area contributed by atoms with Crippen molar-refractivity contribution in [2.45, 2.75) is 51.7 Å². The van der Waals surface area contributed by atoms with Crippen molar-refractivity contribution < 1.29 is 5.11 Å². The first-order chi connectivity index (χ1) is 10.1. The fraction of sp³-hybridized carbons (Fsp3) is 0.471. The molecule has 1 aliphatic rings. The lowest BCUT2D eigenvalue weighted by Gasteiger charge is -2.21. The summed E-state index contributed by atoms with van der Waals surface area (Å²) in [6.45, 7) is 5.14. The number of aryl methyl sites for hydroxylation is 1. The third-order valence-corrected chi connectivity index (χ3v) is 4.74. The van der Waals surface area contributed by atoms with E-state index >= 15 is 0 Å². The molecule has 1 N–H and O–H groups in total. The Hall–Kier alpha value is -0.880. The summed E-state index contributed by atoms with van der Waals surface area (Å²) < 4.78 is 3.49. The van der Waals surface area contributed by atoms with Crippen LogP contribution in [0.25, 0.3) is 0 Å². The van der Waals surface area contributed by atoms with Crippen LogP contribution in [0, 0.1) is 3.57 Å². The first-order valence-electron chi connectivity index (χ1n) is 7.58. The molecule has 0 spiro atoms. The first kappa shape index (κ1) is 15.0. The van der Waals surface area contributed by atoms with Crippen molar-refractivity contribution >= 4 is 22.6 Å². The largest absolute Gasteiger partial charge is 0.387 e. The van der Waals surface area contributed by atoms with Crippen molar-refractivity contribution in [1.29, 1.82) is 0 Å². The van der Waals surface area contributed by atoms with Gasteiger partial charge in [-0.05, 0) is 59.5 Å². The van der Waals surface area contributed by atoms with E-state index < -0.39 is 0 Å². The van der Waals surface area contributed by atoms with E-state index in [1.807, 2.05) is 0 Å². The topological polar surface area (TPSA) is 38.0 Å². The quantitative estimate of drug-likeness (QED) is 0.796. The second-order valence-electron chi connectivity index (χ2n) is 6.08. The highest BCUT2D eigenvalue weighted by atomic mass is 127. The molecule has 0 fully saturated rings. The third kappa shape index (κ3) is 3.01. The van der Waals surface area contributed by atoms with Gasteiger partial charge in [-0.15, -0.1) is 0 Å². The van der Waals surface area contributed by atoms with Crippen LogP contribution in [0.15, 0.2) is 24.3 Å². The summed E-state index contributed by atoms with van der Waals surface area (Å²) in [5, 5.41) is 10.4. The molecule has 1 aliphatic carbocycles. The number of aliphatic hydroxyl groups is 1. The SMILES string of the molecule is CC(C)c1nc2c(n1Cc1cccc(I)c1)C(O)CCC2. The van der Waals surface area contributed by atoms with Gasteiger partial charge in [0.1, 0.15) is 5.82 Å². The fourth-order valence-electron chi connectivity index (χ4n) is 3.12. The number of halogens is 1. The van der Waals surface area contributed by atoms with Crippen molar-refractivity contribution in [3.63, 3.8) is 0 Å². The number of hydrogen-bond donors (Lipinski definition) is 1. The zero-order valence-corrected chi connectivity index (χ0v) is 14.7. The van der Waals surface area contributed by atoms with Crippen molar-refractivity contribution in [3.05, 3.63) is 50.6 Å². The molecule has 3 rings (SSSR count). The maximum Gasteiger partial charge on any atom is 0.112 e. The van der Waals surface area contributed by atoms with Crippen LogP contribution < -0.4 is 0 Å². The minimum absolute atomic E-state index is 0.364. The molecule has 2 aromatic rings. The zero-order valence-electron chi connectivity index (χ0n) is 12.5. The Bertz CT molecular complexity index is 648. The van der Waals surface area contributed by atoms with E-state index in [2.05, 4.69) is 65.3 Å². The van der Waals surface area contributed by atoms with Crippen LogP contribution in [0.1, 0.15) is 61.5 Å². The number of aromatic nitrogens is 2. The van der Waals surface area contributed by atoms with Gasteiger partial charge in [-0.2, -0.15) is 0 Å².